The van der Waals surface area contributed by atoms with Gasteiger partial charge in [0.25, 0.3) is 0 Å². The first-order chi connectivity index (χ1) is 10.1. The molecule has 0 saturated heterocycles. The Morgan fingerprint density at radius 1 is 1.24 bits per heavy atom. The van der Waals surface area contributed by atoms with Gasteiger partial charge in [-0.25, -0.2) is 8.78 Å². The zero-order valence-corrected chi connectivity index (χ0v) is 12.0. The highest BCUT2D eigenvalue weighted by atomic mass is 19.1. The predicted octanol–water partition coefficient (Wildman–Crippen LogP) is 2.88. The van der Waals surface area contributed by atoms with Gasteiger partial charge in [-0.3, -0.25) is 9.88 Å². The fourth-order valence-corrected chi connectivity index (χ4v) is 2.20. The van der Waals surface area contributed by atoms with Crippen molar-refractivity contribution >= 4 is 0 Å². The molecule has 0 aliphatic carbocycles. The molecule has 0 fully saturated rings. The van der Waals surface area contributed by atoms with Gasteiger partial charge in [0, 0.05) is 37.0 Å². The van der Waals surface area contributed by atoms with E-state index in [-0.39, 0.29) is 0 Å². The maximum Gasteiger partial charge on any atom is 0.130 e. The maximum absolute atomic E-state index is 13.7. The van der Waals surface area contributed by atoms with Crippen LogP contribution in [-0.4, -0.2) is 23.0 Å². The lowest BCUT2D eigenvalue weighted by molar-refractivity contribution is 0.257. The largest absolute Gasteiger partial charge is 0.323 e. The van der Waals surface area contributed by atoms with Crippen LogP contribution in [0.2, 0.25) is 0 Å². The normalized spacial score (nSPS) is 12.6. The van der Waals surface area contributed by atoms with Crippen molar-refractivity contribution in [2.75, 3.05) is 13.1 Å². The van der Waals surface area contributed by atoms with Gasteiger partial charge in [0.2, 0.25) is 0 Å². The Hall–Kier alpha value is -1.85. The van der Waals surface area contributed by atoms with Crippen molar-refractivity contribution in [3.05, 3.63) is 65.5 Å². The SMILES string of the molecule is CCN(Cc1ccccn1)CC(N)c1ccc(F)cc1F. The summed E-state index contributed by atoms with van der Waals surface area (Å²) in [4.78, 5) is 6.35. The van der Waals surface area contributed by atoms with Crippen LogP contribution in [0.3, 0.4) is 0 Å². The first-order valence-electron chi connectivity index (χ1n) is 6.93. The molecule has 0 aliphatic rings. The fourth-order valence-electron chi connectivity index (χ4n) is 2.20. The Bertz CT molecular complexity index is 575. The molecule has 1 aromatic heterocycles. The van der Waals surface area contributed by atoms with Gasteiger partial charge in [0.05, 0.1) is 5.69 Å². The molecule has 2 aromatic rings. The quantitative estimate of drug-likeness (QED) is 0.890. The van der Waals surface area contributed by atoms with Crippen molar-refractivity contribution in [2.45, 2.75) is 19.5 Å². The summed E-state index contributed by atoms with van der Waals surface area (Å²) in [5.74, 6) is -1.19. The number of hydrogen-bond donors (Lipinski definition) is 1. The van der Waals surface area contributed by atoms with Crippen molar-refractivity contribution in [3.63, 3.8) is 0 Å². The molecule has 1 atom stereocenters. The van der Waals surface area contributed by atoms with E-state index < -0.39 is 17.7 Å². The van der Waals surface area contributed by atoms with Gasteiger partial charge in [-0.1, -0.05) is 19.1 Å². The maximum atomic E-state index is 13.7. The van der Waals surface area contributed by atoms with E-state index in [0.717, 1.165) is 18.3 Å². The summed E-state index contributed by atoms with van der Waals surface area (Å²) in [7, 11) is 0. The van der Waals surface area contributed by atoms with Gasteiger partial charge in [-0.05, 0) is 24.7 Å². The molecule has 1 unspecified atom stereocenters. The number of nitrogens with two attached hydrogens (primary N) is 1. The molecular weight excluding hydrogens is 272 g/mol. The van der Waals surface area contributed by atoms with Crippen LogP contribution in [0.25, 0.3) is 0 Å². The van der Waals surface area contributed by atoms with Crippen molar-refractivity contribution in [1.29, 1.82) is 0 Å². The third kappa shape index (κ3) is 4.31. The van der Waals surface area contributed by atoms with Crippen LogP contribution in [0.5, 0.6) is 0 Å². The number of halogens is 2. The molecule has 0 radical (unpaired) electrons. The topological polar surface area (TPSA) is 42.2 Å². The summed E-state index contributed by atoms with van der Waals surface area (Å²) >= 11 is 0. The third-order valence-corrected chi connectivity index (χ3v) is 3.38. The number of nitrogens with zero attached hydrogens (tertiary/aromatic N) is 2. The molecule has 5 heteroatoms. The highest BCUT2D eigenvalue weighted by Gasteiger charge is 2.16. The molecule has 1 heterocycles. The van der Waals surface area contributed by atoms with E-state index in [1.165, 1.54) is 12.1 Å². The molecule has 21 heavy (non-hydrogen) atoms. The molecule has 1 aromatic carbocycles. The van der Waals surface area contributed by atoms with Crippen LogP contribution < -0.4 is 5.73 Å². The molecule has 2 N–H and O–H groups in total. The second kappa shape index (κ2) is 7.24. The first-order valence-corrected chi connectivity index (χ1v) is 6.93. The number of hydrogen-bond acceptors (Lipinski definition) is 3. The lowest BCUT2D eigenvalue weighted by Crippen LogP contribution is -2.32. The van der Waals surface area contributed by atoms with Crippen molar-refractivity contribution in [1.82, 2.24) is 9.88 Å². The molecular formula is C16H19F2N3. The monoisotopic (exact) mass is 291 g/mol. The summed E-state index contributed by atoms with van der Waals surface area (Å²) < 4.78 is 26.7. The van der Waals surface area contributed by atoms with Crippen LogP contribution in [0.4, 0.5) is 8.78 Å². The molecule has 3 nitrogen and oxygen atoms in total. The van der Waals surface area contributed by atoms with E-state index in [1.54, 1.807) is 6.20 Å². The molecule has 0 bridgehead atoms. The van der Waals surface area contributed by atoms with Gasteiger partial charge in [-0.15, -0.1) is 0 Å². The van der Waals surface area contributed by atoms with Gasteiger partial charge in [0.1, 0.15) is 11.6 Å². The summed E-state index contributed by atoms with van der Waals surface area (Å²) in [6.45, 7) is 3.91. The van der Waals surface area contributed by atoms with Crippen LogP contribution >= 0.6 is 0 Å². The van der Waals surface area contributed by atoms with Crippen molar-refractivity contribution in [3.8, 4) is 0 Å². The van der Waals surface area contributed by atoms with E-state index in [1.807, 2.05) is 25.1 Å². The number of rotatable bonds is 6. The first kappa shape index (κ1) is 15.5. The Labute approximate surface area is 123 Å². The number of likely N-dealkylation sites (N-methyl/N-ethyl adjacent to an activating group) is 1. The standard InChI is InChI=1S/C16H19F2N3/c1-2-21(10-13-5-3-4-8-20-13)11-16(19)14-7-6-12(17)9-15(14)18/h3-9,16H,2,10-11,19H2,1H3. The number of aromatic nitrogens is 1. The number of benzene rings is 1. The minimum absolute atomic E-state index is 0.330. The summed E-state index contributed by atoms with van der Waals surface area (Å²) in [6, 6.07) is 8.72. The van der Waals surface area contributed by atoms with E-state index in [2.05, 4.69) is 9.88 Å². The third-order valence-electron chi connectivity index (χ3n) is 3.38. The second-order valence-corrected chi connectivity index (χ2v) is 4.92. The van der Waals surface area contributed by atoms with Crippen molar-refractivity contribution < 1.29 is 8.78 Å². The Morgan fingerprint density at radius 2 is 2.05 bits per heavy atom. The average Bonchev–Trinajstić information content (AvgIpc) is 2.47. The van der Waals surface area contributed by atoms with Crippen molar-refractivity contribution in [2.24, 2.45) is 5.73 Å². The minimum Gasteiger partial charge on any atom is -0.323 e. The molecule has 0 spiro atoms. The highest BCUT2D eigenvalue weighted by molar-refractivity contribution is 5.22. The van der Waals surface area contributed by atoms with Crippen LogP contribution in [0.1, 0.15) is 24.2 Å². The Morgan fingerprint density at radius 3 is 2.67 bits per heavy atom. The summed E-state index contributed by atoms with van der Waals surface area (Å²) in [5.41, 5.74) is 7.32. The summed E-state index contributed by atoms with van der Waals surface area (Å²) in [6.07, 6.45) is 1.74. The zero-order chi connectivity index (χ0) is 15.2. The second-order valence-electron chi connectivity index (χ2n) is 4.92. The number of pyridine rings is 1. The van der Waals surface area contributed by atoms with Crippen LogP contribution in [0, 0.1) is 11.6 Å². The van der Waals surface area contributed by atoms with Gasteiger partial charge >= 0.3 is 0 Å². The fraction of sp³-hybridized carbons (Fsp3) is 0.312. The van der Waals surface area contributed by atoms with Gasteiger partial charge in [-0.2, -0.15) is 0 Å². The van der Waals surface area contributed by atoms with Crippen LogP contribution in [-0.2, 0) is 6.54 Å². The molecule has 0 amide bonds. The van der Waals surface area contributed by atoms with Crippen LogP contribution in [0.15, 0.2) is 42.6 Å². The lowest BCUT2D eigenvalue weighted by atomic mass is 10.1. The Balaban J connectivity index is 2.04. The smallest absolute Gasteiger partial charge is 0.130 e. The summed E-state index contributed by atoms with van der Waals surface area (Å²) in [5, 5.41) is 0. The van der Waals surface area contributed by atoms with E-state index >= 15 is 0 Å². The predicted molar refractivity (Wildman–Crippen MR) is 78.5 cm³/mol. The van der Waals surface area contributed by atoms with Gasteiger partial charge < -0.3 is 5.73 Å². The highest BCUT2D eigenvalue weighted by Crippen LogP contribution is 2.18. The molecule has 112 valence electrons. The zero-order valence-electron chi connectivity index (χ0n) is 12.0. The molecule has 0 saturated carbocycles. The van der Waals surface area contributed by atoms with E-state index in [4.69, 9.17) is 5.73 Å². The van der Waals surface area contributed by atoms with Gasteiger partial charge in [0.15, 0.2) is 0 Å². The average molecular weight is 291 g/mol. The lowest BCUT2D eigenvalue weighted by Gasteiger charge is -2.24. The Kier molecular flexibility index (Phi) is 5.36. The molecule has 2 rings (SSSR count). The molecule has 0 aliphatic heterocycles. The minimum atomic E-state index is -0.601. The van der Waals surface area contributed by atoms with E-state index in [9.17, 15) is 8.78 Å². The van der Waals surface area contributed by atoms with E-state index in [0.29, 0.717) is 18.7 Å².